The Labute approximate surface area is 131 Å². The van der Waals surface area contributed by atoms with Gasteiger partial charge in [-0.1, -0.05) is 48.0 Å². The van der Waals surface area contributed by atoms with E-state index in [2.05, 4.69) is 15.9 Å². The van der Waals surface area contributed by atoms with E-state index in [0.717, 1.165) is 21.5 Å². The van der Waals surface area contributed by atoms with Crippen LogP contribution in [-0.4, -0.2) is 9.55 Å². The lowest BCUT2D eigenvalue weighted by Crippen LogP contribution is -2.24. The minimum atomic E-state index is -0.0313. The Morgan fingerprint density at radius 1 is 1.10 bits per heavy atom. The molecule has 0 atom stereocenters. The second kappa shape index (κ2) is 5.45. The maximum atomic E-state index is 12.9. The van der Waals surface area contributed by atoms with Crippen LogP contribution in [0.3, 0.4) is 0 Å². The number of rotatable bonds is 2. The standard InChI is InChI=1S/C17H15BrN2O/c1-11(2)16-19-15-9-8-12(18)10-14(15)17(21)20(16)13-6-4-3-5-7-13/h3-11H,1-2H3. The van der Waals surface area contributed by atoms with Gasteiger partial charge in [-0.3, -0.25) is 9.36 Å². The Bertz CT molecular complexity index is 854. The van der Waals surface area contributed by atoms with Crippen LogP contribution in [0.4, 0.5) is 0 Å². The molecule has 1 heterocycles. The van der Waals surface area contributed by atoms with Crippen LogP contribution in [0, 0.1) is 0 Å². The average molecular weight is 343 g/mol. The lowest BCUT2D eigenvalue weighted by molar-refractivity contribution is 0.723. The SMILES string of the molecule is CC(C)c1nc2ccc(Br)cc2c(=O)n1-c1ccccc1. The highest BCUT2D eigenvalue weighted by atomic mass is 79.9. The van der Waals surface area contributed by atoms with E-state index in [-0.39, 0.29) is 11.5 Å². The molecule has 0 radical (unpaired) electrons. The normalized spacial score (nSPS) is 11.2. The predicted molar refractivity (Wildman–Crippen MR) is 89.1 cm³/mol. The summed E-state index contributed by atoms with van der Waals surface area (Å²) in [6.07, 6.45) is 0. The Morgan fingerprint density at radius 2 is 1.81 bits per heavy atom. The zero-order valence-corrected chi connectivity index (χ0v) is 13.5. The van der Waals surface area contributed by atoms with E-state index >= 15 is 0 Å². The van der Waals surface area contributed by atoms with Gasteiger partial charge in [0.15, 0.2) is 0 Å². The van der Waals surface area contributed by atoms with Crippen molar-refractivity contribution in [2.75, 3.05) is 0 Å². The summed E-state index contributed by atoms with van der Waals surface area (Å²) in [5, 5.41) is 0.623. The molecule has 0 N–H and O–H groups in total. The van der Waals surface area contributed by atoms with Crippen LogP contribution in [0.25, 0.3) is 16.6 Å². The van der Waals surface area contributed by atoms with E-state index in [1.807, 2.05) is 62.4 Å². The van der Waals surface area contributed by atoms with Gasteiger partial charge in [0, 0.05) is 10.4 Å². The molecule has 0 saturated carbocycles. The molecule has 0 fully saturated rings. The third kappa shape index (κ3) is 2.51. The highest BCUT2D eigenvalue weighted by Gasteiger charge is 2.15. The number of aromatic nitrogens is 2. The van der Waals surface area contributed by atoms with Crippen LogP contribution < -0.4 is 5.56 Å². The Hall–Kier alpha value is -1.94. The van der Waals surface area contributed by atoms with Crippen LogP contribution in [0.5, 0.6) is 0 Å². The minimum Gasteiger partial charge on any atom is -0.268 e. The van der Waals surface area contributed by atoms with E-state index in [1.165, 1.54) is 0 Å². The third-order valence-electron chi connectivity index (χ3n) is 3.39. The second-order valence-electron chi connectivity index (χ2n) is 5.26. The van der Waals surface area contributed by atoms with Gasteiger partial charge in [0.2, 0.25) is 0 Å². The van der Waals surface area contributed by atoms with Crippen molar-refractivity contribution < 1.29 is 0 Å². The van der Waals surface area contributed by atoms with Crippen molar-refractivity contribution in [2.45, 2.75) is 19.8 Å². The van der Waals surface area contributed by atoms with Crippen LogP contribution >= 0.6 is 15.9 Å². The molecule has 3 rings (SSSR count). The number of benzene rings is 2. The van der Waals surface area contributed by atoms with Crippen molar-refractivity contribution in [3.8, 4) is 5.69 Å². The molecular formula is C17H15BrN2O. The van der Waals surface area contributed by atoms with Gasteiger partial charge in [0.1, 0.15) is 5.82 Å². The molecule has 0 spiro atoms. The number of halogens is 1. The first-order chi connectivity index (χ1) is 10.1. The molecule has 1 aromatic heterocycles. The summed E-state index contributed by atoms with van der Waals surface area (Å²) in [5.74, 6) is 0.937. The Balaban J connectivity index is 2.43. The fourth-order valence-corrected chi connectivity index (χ4v) is 2.75. The molecule has 4 heteroatoms. The van der Waals surface area contributed by atoms with Gasteiger partial charge in [-0.05, 0) is 30.3 Å². The Morgan fingerprint density at radius 3 is 2.48 bits per heavy atom. The zero-order chi connectivity index (χ0) is 15.0. The lowest BCUT2D eigenvalue weighted by Gasteiger charge is -2.16. The summed E-state index contributed by atoms with van der Waals surface area (Å²) in [6.45, 7) is 4.10. The average Bonchev–Trinajstić information content (AvgIpc) is 2.48. The molecular weight excluding hydrogens is 328 g/mol. The van der Waals surface area contributed by atoms with E-state index in [0.29, 0.717) is 5.39 Å². The Kier molecular flexibility index (Phi) is 3.64. The van der Waals surface area contributed by atoms with Crippen LogP contribution in [0.2, 0.25) is 0 Å². The summed E-state index contributed by atoms with van der Waals surface area (Å²) >= 11 is 3.42. The molecule has 0 bridgehead atoms. The van der Waals surface area contributed by atoms with Crippen LogP contribution in [-0.2, 0) is 0 Å². The third-order valence-corrected chi connectivity index (χ3v) is 3.88. The molecule has 2 aromatic carbocycles. The van der Waals surface area contributed by atoms with E-state index in [9.17, 15) is 4.79 Å². The van der Waals surface area contributed by atoms with Crippen molar-refractivity contribution in [3.63, 3.8) is 0 Å². The van der Waals surface area contributed by atoms with Crippen LogP contribution in [0.1, 0.15) is 25.6 Å². The van der Waals surface area contributed by atoms with Crippen molar-refractivity contribution in [2.24, 2.45) is 0 Å². The molecule has 3 nitrogen and oxygen atoms in total. The summed E-state index contributed by atoms with van der Waals surface area (Å²) in [7, 11) is 0. The molecule has 0 aliphatic heterocycles. The molecule has 0 unspecified atom stereocenters. The summed E-state index contributed by atoms with van der Waals surface area (Å²) in [6, 6.07) is 15.3. The summed E-state index contributed by atoms with van der Waals surface area (Å²) in [5.41, 5.74) is 1.55. The predicted octanol–water partition coefficient (Wildman–Crippen LogP) is 4.27. The number of para-hydroxylation sites is 1. The summed E-state index contributed by atoms with van der Waals surface area (Å²) in [4.78, 5) is 17.6. The van der Waals surface area contributed by atoms with Crippen molar-refractivity contribution in [1.29, 1.82) is 0 Å². The number of nitrogens with zero attached hydrogens (tertiary/aromatic N) is 2. The lowest BCUT2D eigenvalue weighted by atomic mass is 10.1. The quantitative estimate of drug-likeness (QED) is 0.696. The largest absolute Gasteiger partial charge is 0.268 e. The summed E-state index contributed by atoms with van der Waals surface area (Å²) < 4.78 is 2.59. The van der Waals surface area contributed by atoms with Crippen molar-refractivity contribution in [3.05, 3.63) is 69.2 Å². The number of fused-ring (bicyclic) bond motifs is 1. The van der Waals surface area contributed by atoms with E-state index in [1.54, 1.807) is 4.57 Å². The first-order valence-corrected chi connectivity index (χ1v) is 7.65. The molecule has 21 heavy (non-hydrogen) atoms. The molecule has 106 valence electrons. The highest BCUT2D eigenvalue weighted by molar-refractivity contribution is 9.10. The van der Waals surface area contributed by atoms with Crippen LogP contribution in [0.15, 0.2) is 57.8 Å². The van der Waals surface area contributed by atoms with E-state index in [4.69, 9.17) is 4.98 Å². The fraction of sp³-hybridized carbons (Fsp3) is 0.176. The van der Waals surface area contributed by atoms with Gasteiger partial charge in [0.05, 0.1) is 16.6 Å². The van der Waals surface area contributed by atoms with Gasteiger partial charge in [-0.15, -0.1) is 0 Å². The molecule has 0 aliphatic carbocycles. The maximum absolute atomic E-state index is 12.9. The molecule has 3 aromatic rings. The van der Waals surface area contributed by atoms with Gasteiger partial charge >= 0.3 is 0 Å². The molecule has 0 aliphatic rings. The first-order valence-electron chi connectivity index (χ1n) is 6.85. The molecule has 0 saturated heterocycles. The van der Waals surface area contributed by atoms with E-state index < -0.39 is 0 Å². The first kappa shape index (κ1) is 14.0. The second-order valence-corrected chi connectivity index (χ2v) is 6.18. The topological polar surface area (TPSA) is 34.9 Å². The smallest absolute Gasteiger partial charge is 0.266 e. The number of hydrogen-bond acceptors (Lipinski definition) is 2. The van der Waals surface area contributed by atoms with Gasteiger partial charge < -0.3 is 0 Å². The highest BCUT2D eigenvalue weighted by Crippen LogP contribution is 2.21. The van der Waals surface area contributed by atoms with Crippen molar-refractivity contribution >= 4 is 26.8 Å². The number of hydrogen-bond donors (Lipinski definition) is 0. The zero-order valence-electron chi connectivity index (χ0n) is 11.9. The minimum absolute atomic E-state index is 0.0313. The molecule has 0 amide bonds. The fourth-order valence-electron chi connectivity index (χ4n) is 2.39. The van der Waals surface area contributed by atoms with Gasteiger partial charge in [-0.25, -0.2) is 4.98 Å². The van der Waals surface area contributed by atoms with Gasteiger partial charge in [-0.2, -0.15) is 0 Å². The monoisotopic (exact) mass is 342 g/mol. The van der Waals surface area contributed by atoms with Crippen molar-refractivity contribution in [1.82, 2.24) is 9.55 Å². The maximum Gasteiger partial charge on any atom is 0.266 e. The van der Waals surface area contributed by atoms with Gasteiger partial charge in [0.25, 0.3) is 5.56 Å².